The Hall–Kier alpha value is -1.16. The maximum absolute atomic E-state index is 12.3. The molecule has 0 spiro atoms. The summed E-state index contributed by atoms with van der Waals surface area (Å²) in [4.78, 5) is 28.0. The van der Waals surface area contributed by atoms with Gasteiger partial charge in [-0.05, 0) is 32.4 Å². The van der Waals surface area contributed by atoms with Gasteiger partial charge in [-0.2, -0.15) is 0 Å². The van der Waals surface area contributed by atoms with Crippen LogP contribution in [-0.2, 0) is 9.59 Å². The monoisotopic (exact) mass is 234 g/mol. The van der Waals surface area contributed by atoms with Gasteiger partial charge in [0.2, 0.25) is 11.8 Å². The summed E-state index contributed by atoms with van der Waals surface area (Å²) in [5.74, 6) is 0.702. The van der Waals surface area contributed by atoms with Crippen molar-refractivity contribution in [1.82, 2.24) is 9.80 Å². The van der Waals surface area contributed by atoms with Gasteiger partial charge in [-0.15, -0.1) is 0 Å². The lowest BCUT2D eigenvalue weighted by atomic mass is 9.85. The molecule has 17 heavy (non-hydrogen) atoms. The molecule has 3 rings (SSSR count). The largest absolute Gasteiger partial charge is 0.308 e. The number of allylic oxidation sites excluding steroid dienone is 2. The van der Waals surface area contributed by atoms with Gasteiger partial charge >= 0.3 is 0 Å². The van der Waals surface area contributed by atoms with Gasteiger partial charge in [0.1, 0.15) is 0 Å². The van der Waals surface area contributed by atoms with Crippen molar-refractivity contribution in [3.63, 3.8) is 0 Å². The molecule has 0 aromatic carbocycles. The van der Waals surface area contributed by atoms with Crippen molar-refractivity contribution in [2.24, 2.45) is 23.7 Å². The van der Waals surface area contributed by atoms with E-state index in [1.165, 1.54) is 4.90 Å². The standard InChI is InChI=1S/C13H18N2O2/c1-14(2)5-6-15-12(16)10-8-3-4-9(7-8)11(10)13(15)17/h3-4,8-11H,5-7H2,1-2H3/t8-,9-,10-,11-/m0/s1. The molecule has 2 bridgehead atoms. The van der Waals surface area contributed by atoms with Gasteiger partial charge in [0.25, 0.3) is 0 Å². The predicted octanol–water partition coefficient (Wildman–Crippen LogP) is 0.355. The van der Waals surface area contributed by atoms with Crippen LogP contribution >= 0.6 is 0 Å². The van der Waals surface area contributed by atoms with Crippen molar-refractivity contribution in [3.8, 4) is 0 Å². The zero-order valence-electron chi connectivity index (χ0n) is 10.3. The van der Waals surface area contributed by atoms with E-state index in [-0.39, 0.29) is 23.7 Å². The van der Waals surface area contributed by atoms with E-state index in [0.29, 0.717) is 18.4 Å². The zero-order valence-corrected chi connectivity index (χ0v) is 10.3. The molecule has 92 valence electrons. The first-order valence-electron chi connectivity index (χ1n) is 6.28. The Balaban J connectivity index is 1.78. The normalized spacial score (nSPS) is 38.6. The number of carbonyl (C=O) groups excluding carboxylic acids is 2. The van der Waals surface area contributed by atoms with Gasteiger partial charge in [-0.25, -0.2) is 0 Å². The fraction of sp³-hybridized carbons (Fsp3) is 0.692. The fourth-order valence-electron chi connectivity index (χ4n) is 3.48. The van der Waals surface area contributed by atoms with Crippen LogP contribution in [0.15, 0.2) is 12.2 Å². The Morgan fingerprint density at radius 3 is 2.18 bits per heavy atom. The van der Waals surface area contributed by atoms with Crippen molar-refractivity contribution < 1.29 is 9.59 Å². The number of hydrogen-bond acceptors (Lipinski definition) is 3. The van der Waals surface area contributed by atoms with E-state index < -0.39 is 0 Å². The fourth-order valence-corrected chi connectivity index (χ4v) is 3.48. The van der Waals surface area contributed by atoms with Gasteiger partial charge in [-0.3, -0.25) is 14.5 Å². The third-order valence-electron chi connectivity index (χ3n) is 4.33. The second-order valence-corrected chi connectivity index (χ2v) is 5.63. The third-order valence-corrected chi connectivity index (χ3v) is 4.33. The predicted molar refractivity (Wildman–Crippen MR) is 63.0 cm³/mol. The van der Waals surface area contributed by atoms with Crippen LogP contribution in [-0.4, -0.2) is 48.8 Å². The molecule has 1 heterocycles. The summed E-state index contributed by atoms with van der Waals surface area (Å²) in [7, 11) is 3.91. The van der Waals surface area contributed by atoms with E-state index in [1.54, 1.807) is 0 Å². The van der Waals surface area contributed by atoms with Crippen LogP contribution in [0.4, 0.5) is 0 Å². The van der Waals surface area contributed by atoms with Crippen LogP contribution in [0.3, 0.4) is 0 Å². The van der Waals surface area contributed by atoms with E-state index >= 15 is 0 Å². The average Bonchev–Trinajstić information content (AvgIpc) is 2.92. The summed E-state index contributed by atoms with van der Waals surface area (Å²) in [5.41, 5.74) is 0. The highest BCUT2D eigenvalue weighted by molar-refractivity contribution is 6.06. The maximum atomic E-state index is 12.3. The third kappa shape index (κ3) is 1.47. The number of carbonyl (C=O) groups is 2. The first-order valence-corrected chi connectivity index (χ1v) is 6.28. The molecule has 0 N–H and O–H groups in total. The number of likely N-dealkylation sites (N-methyl/N-ethyl adjacent to an activating group) is 1. The number of rotatable bonds is 3. The van der Waals surface area contributed by atoms with E-state index in [9.17, 15) is 9.59 Å². The Morgan fingerprint density at radius 1 is 1.18 bits per heavy atom. The van der Waals surface area contributed by atoms with Crippen molar-refractivity contribution in [1.29, 1.82) is 0 Å². The molecule has 4 atom stereocenters. The molecule has 4 heteroatoms. The average molecular weight is 234 g/mol. The van der Waals surface area contributed by atoms with Crippen molar-refractivity contribution in [2.75, 3.05) is 27.2 Å². The highest BCUT2D eigenvalue weighted by atomic mass is 16.2. The minimum atomic E-state index is -0.0420. The van der Waals surface area contributed by atoms with Crippen LogP contribution in [0.25, 0.3) is 0 Å². The molecule has 3 aliphatic rings. The van der Waals surface area contributed by atoms with Gasteiger partial charge in [0.15, 0.2) is 0 Å². The van der Waals surface area contributed by atoms with Crippen LogP contribution in [0, 0.1) is 23.7 Å². The first-order chi connectivity index (χ1) is 8.09. The van der Waals surface area contributed by atoms with Crippen LogP contribution in [0.5, 0.6) is 0 Å². The van der Waals surface area contributed by atoms with Crippen LogP contribution in [0.2, 0.25) is 0 Å². The number of likely N-dealkylation sites (tertiary alicyclic amines) is 1. The SMILES string of the molecule is CN(C)CCN1C(=O)[C@@H]2[C@@H](C1=O)[C@H]1C=C[C@H]2C1. The Kier molecular flexibility index (Phi) is 2.36. The second-order valence-electron chi connectivity index (χ2n) is 5.63. The first kappa shape index (κ1) is 11.0. The Morgan fingerprint density at radius 2 is 1.71 bits per heavy atom. The van der Waals surface area contributed by atoms with Gasteiger partial charge in [0, 0.05) is 13.1 Å². The number of amides is 2. The number of imide groups is 1. The lowest BCUT2D eigenvalue weighted by Crippen LogP contribution is -2.38. The molecular formula is C13H18N2O2. The molecule has 2 fully saturated rings. The molecule has 2 amide bonds. The molecule has 2 aliphatic carbocycles. The number of hydrogen-bond donors (Lipinski definition) is 0. The Bertz CT molecular complexity index is 372. The number of fused-ring (bicyclic) bond motifs is 5. The molecule has 1 saturated carbocycles. The van der Waals surface area contributed by atoms with Gasteiger partial charge < -0.3 is 4.90 Å². The lowest BCUT2D eigenvalue weighted by Gasteiger charge is -2.19. The molecule has 4 nitrogen and oxygen atoms in total. The van der Waals surface area contributed by atoms with Gasteiger partial charge in [-0.1, -0.05) is 12.2 Å². The topological polar surface area (TPSA) is 40.6 Å². The molecule has 0 aromatic heterocycles. The van der Waals surface area contributed by atoms with Crippen molar-refractivity contribution >= 4 is 11.8 Å². The minimum absolute atomic E-state index is 0.0420. The summed E-state index contributed by atoms with van der Waals surface area (Å²) in [6, 6.07) is 0. The van der Waals surface area contributed by atoms with E-state index in [0.717, 1.165) is 13.0 Å². The van der Waals surface area contributed by atoms with E-state index in [4.69, 9.17) is 0 Å². The molecule has 1 saturated heterocycles. The summed E-state index contributed by atoms with van der Waals surface area (Å²) in [6.45, 7) is 1.29. The minimum Gasteiger partial charge on any atom is -0.308 e. The quantitative estimate of drug-likeness (QED) is 0.523. The van der Waals surface area contributed by atoms with E-state index in [2.05, 4.69) is 12.2 Å². The summed E-state index contributed by atoms with van der Waals surface area (Å²) in [5, 5.41) is 0. The molecular weight excluding hydrogens is 216 g/mol. The van der Waals surface area contributed by atoms with Crippen molar-refractivity contribution in [3.05, 3.63) is 12.2 Å². The summed E-state index contributed by atoms with van der Waals surface area (Å²) >= 11 is 0. The van der Waals surface area contributed by atoms with Crippen LogP contribution in [0.1, 0.15) is 6.42 Å². The lowest BCUT2D eigenvalue weighted by molar-refractivity contribution is -0.140. The highest BCUT2D eigenvalue weighted by Gasteiger charge is 2.58. The molecule has 0 unspecified atom stereocenters. The maximum Gasteiger partial charge on any atom is 0.233 e. The Labute approximate surface area is 101 Å². The molecule has 1 aliphatic heterocycles. The second kappa shape index (κ2) is 3.67. The highest BCUT2D eigenvalue weighted by Crippen LogP contribution is 2.52. The smallest absolute Gasteiger partial charge is 0.233 e. The van der Waals surface area contributed by atoms with E-state index in [1.807, 2.05) is 19.0 Å². The molecule has 0 aromatic rings. The summed E-state index contributed by atoms with van der Waals surface area (Å²) < 4.78 is 0. The van der Waals surface area contributed by atoms with Gasteiger partial charge in [0.05, 0.1) is 11.8 Å². The van der Waals surface area contributed by atoms with Crippen LogP contribution < -0.4 is 0 Å². The number of nitrogens with zero attached hydrogens (tertiary/aromatic N) is 2. The van der Waals surface area contributed by atoms with Crippen molar-refractivity contribution in [2.45, 2.75) is 6.42 Å². The summed E-state index contributed by atoms with van der Waals surface area (Å²) in [6.07, 6.45) is 5.27. The molecule has 0 radical (unpaired) electrons. The zero-order chi connectivity index (χ0) is 12.2.